The summed E-state index contributed by atoms with van der Waals surface area (Å²) in [6.45, 7) is 0.481. The molecule has 1 rings (SSSR count). The molecule has 3 N–H and O–H groups in total. The van der Waals surface area contributed by atoms with E-state index in [4.69, 9.17) is 9.84 Å². The maximum absolute atomic E-state index is 13.2. The number of hydrogen-bond donors (Lipinski definition) is 3. The Kier molecular flexibility index (Phi) is 7.50. The number of rotatable bonds is 7. The van der Waals surface area contributed by atoms with Gasteiger partial charge in [0.2, 0.25) is 0 Å². The average Bonchev–Trinajstić information content (AvgIpc) is 2.40. The fourth-order valence-electron chi connectivity index (χ4n) is 1.60. The number of halogens is 2. The Morgan fingerprint density at radius 1 is 1.50 bits per heavy atom. The second-order valence-electron chi connectivity index (χ2n) is 4.27. The molecule has 1 atom stereocenters. The largest absolute Gasteiger partial charge is 0.394 e. The van der Waals surface area contributed by atoms with E-state index in [2.05, 4.69) is 26.6 Å². The molecular formula is C13H18BrFN2O3. The van der Waals surface area contributed by atoms with Crippen molar-refractivity contribution in [3.63, 3.8) is 0 Å². The van der Waals surface area contributed by atoms with Gasteiger partial charge < -0.3 is 20.5 Å². The van der Waals surface area contributed by atoms with E-state index in [1.165, 1.54) is 12.1 Å². The topological polar surface area (TPSA) is 70.6 Å². The summed E-state index contributed by atoms with van der Waals surface area (Å²) in [7, 11) is 1.55. The highest BCUT2D eigenvalue weighted by molar-refractivity contribution is 9.10. The molecule has 0 aliphatic heterocycles. The third-order valence-corrected chi connectivity index (χ3v) is 3.06. The van der Waals surface area contributed by atoms with E-state index < -0.39 is 6.03 Å². The molecule has 5 nitrogen and oxygen atoms in total. The molecule has 0 aliphatic rings. The fraction of sp³-hybridized carbons (Fsp3) is 0.462. The van der Waals surface area contributed by atoms with Crippen LogP contribution in [0.2, 0.25) is 0 Å². The number of amides is 2. The molecule has 20 heavy (non-hydrogen) atoms. The highest BCUT2D eigenvalue weighted by atomic mass is 79.9. The van der Waals surface area contributed by atoms with Crippen LogP contribution in [-0.4, -0.2) is 37.5 Å². The first kappa shape index (κ1) is 16.9. The number of nitrogens with one attached hydrogen (secondary N) is 2. The van der Waals surface area contributed by atoms with Gasteiger partial charge >= 0.3 is 6.03 Å². The van der Waals surface area contributed by atoms with Gasteiger partial charge in [0.05, 0.1) is 12.6 Å². The molecule has 1 aromatic rings. The van der Waals surface area contributed by atoms with Crippen molar-refractivity contribution in [3.8, 4) is 0 Å². The van der Waals surface area contributed by atoms with Gasteiger partial charge in [0, 0.05) is 24.7 Å². The van der Waals surface area contributed by atoms with Crippen molar-refractivity contribution in [2.75, 3.05) is 20.3 Å². The highest BCUT2D eigenvalue weighted by Gasteiger charge is 2.10. The average molecular weight is 349 g/mol. The first-order valence-electron chi connectivity index (χ1n) is 6.14. The molecule has 112 valence electrons. The van der Waals surface area contributed by atoms with Gasteiger partial charge in [0.25, 0.3) is 0 Å². The van der Waals surface area contributed by atoms with E-state index >= 15 is 0 Å². The maximum Gasteiger partial charge on any atom is 0.315 e. The van der Waals surface area contributed by atoms with E-state index in [1.807, 2.05) is 0 Å². The van der Waals surface area contributed by atoms with Gasteiger partial charge in [0.1, 0.15) is 5.82 Å². The van der Waals surface area contributed by atoms with E-state index in [0.717, 1.165) is 0 Å². The molecule has 0 spiro atoms. The number of aliphatic hydroxyl groups excluding tert-OH is 1. The summed E-state index contributed by atoms with van der Waals surface area (Å²) in [5, 5.41) is 14.3. The summed E-state index contributed by atoms with van der Waals surface area (Å²) in [5.41, 5.74) is 0.643. The van der Waals surface area contributed by atoms with Gasteiger partial charge in [-0.1, -0.05) is 15.9 Å². The number of carbonyl (C=O) groups is 1. The summed E-state index contributed by atoms with van der Waals surface area (Å²) in [6.07, 6.45) is 0.520. The Morgan fingerprint density at radius 3 is 2.85 bits per heavy atom. The summed E-state index contributed by atoms with van der Waals surface area (Å²) in [5.74, 6) is -0.370. The lowest BCUT2D eigenvalue weighted by Gasteiger charge is -2.16. The second kappa shape index (κ2) is 8.89. The Morgan fingerprint density at radius 2 is 2.25 bits per heavy atom. The molecule has 0 unspecified atom stereocenters. The van der Waals surface area contributed by atoms with Crippen LogP contribution in [0.5, 0.6) is 0 Å². The van der Waals surface area contributed by atoms with Crippen LogP contribution in [0, 0.1) is 5.82 Å². The van der Waals surface area contributed by atoms with Crippen LogP contribution in [0.15, 0.2) is 22.7 Å². The minimum Gasteiger partial charge on any atom is -0.394 e. The molecule has 7 heteroatoms. The number of carbonyl (C=O) groups excluding carboxylic acids is 1. The van der Waals surface area contributed by atoms with Gasteiger partial charge in [-0.15, -0.1) is 0 Å². The first-order chi connectivity index (χ1) is 9.55. The summed E-state index contributed by atoms with van der Waals surface area (Å²) in [4.78, 5) is 11.6. The normalized spacial score (nSPS) is 12.0. The van der Waals surface area contributed by atoms with Crippen molar-refractivity contribution < 1.29 is 19.0 Å². The molecule has 0 heterocycles. The van der Waals surface area contributed by atoms with Crippen molar-refractivity contribution in [3.05, 3.63) is 34.1 Å². The maximum atomic E-state index is 13.2. The Bertz CT molecular complexity index is 425. The zero-order chi connectivity index (χ0) is 15.0. The van der Waals surface area contributed by atoms with Crippen molar-refractivity contribution in [1.82, 2.24) is 10.6 Å². The molecule has 0 bridgehead atoms. The van der Waals surface area contributed by atoms with Gasteiger partial charge in [-0.05, 0) is 30.2 Å². The zero-order valence-electron chi connectivity index (χ0n) is 11.2. The Balaban J connectivity index is 2.42. The van der Waals surface area contributed by atoms with Crippen LogP contribution in [0.3, 0.4) is 0 Å². The molecule has 0 aliphatic carbocycles. The molecule has 0 saturated carbocycles. The Labute approximate surface area is 125 Å². The third kappa shape index (κ3) is 6.31. The summed E-state index contributed by atoms with van der Waals surface area (Å²) in [6, 6.07) is 3.63. The molecule has 1 aromatic carbocycles. The van der Waals surface area contributed by atoms with Crippen molar-refractivity contribution in [2.45, 2.75) is 19.0 Å². The number of hydrogen-bond acceptors (Lipinski definition) is 3. The van der Waals surface area contributed by atoms with E-state index in [9.17, 15) is 9.18 Å². The SMILES string of the molecule is COCC[C@@H](CO)NC(=O)NCc1cc(F)cc(Br)c1. The zero-order valence-corrected chi connectivity index (χ0v) is 12.7. The minimum absolute atomic E-state index is 0.164. The van der Waals surface area contributed by atoms with E-state index in [-0.39, 0.29) is 25.0 Å². The van der Waals surface area contributed by atoms with Crippen LogP contribution in [0.4, 0.5) is 9.18 Å². The Hall–Kier alpha value is -1.18. The molecule has 2 amide bonds. The van der Waals surface area contributed by atoms with Gasteiger partial charge in [0.15, 0.2) is 0 Å². The number of benzene rings is 1. The highest BCUT2D eigenvalue weighted by Crippen LogP contribution is 2.14. The standard InChI is InChI=1S/C13H18BrFN2O3/c1-20-3-2-12(8-18)17-13(19)16-7-9-4-10(14)6-11(15)5-9/h4-6,12,18H,2-3,7-8H2,1H3,(H2,16,17,19)/t12-/m0/s1. The van der Waals surface area contributed by atoms with Crippen molar-refractivity contribution in [1.29, 1.82) is 0 Å². The predicted molar refractivity (Wildman–Crippen MR) is 76.8 cm³/mol. The number of urea groups is 1. The van der Waals surface area contributed by atoms with Crippen LogP contribution in [0.1, 0.15) is 12.0 Å². The molecule has 0 radical (unpaired) electrons. The van der Waals surface area contributed by atoms with E-state index in [0.29, 0.717) is 23.1 Å². The number of aliphatic hydroxyl groups is 1. The van der Waals surface area contributed by atoms with Gasteiger partial charge in [-0.3, -0.25) is 0 Å². The minimum atomic E-state index is -0.416. The first-order valence-corrected chi connectivity index (χ1v) is 6.93. The van der Waals surface area contributed by atoms with E-state index in [1.54, 1.807) is 13.2 Å². The van der Waals surface area contributed by atoms with Crippen molar-refractivity contribution in [2.24, 2.45) is 0 Å². The predicted octanol–water partition coefficient (Wildman–Crippen LogP) is 1.78. The summed E-state index contributed by atoms with van der Waals surface area (Å²) < 4.78 is 18.6. The summed E-state index contributed by atoms with van der Waals surface area (Å²) >= 11 is 3.18. The monoisotopic (exact) mass is 348 g/mol. The second-order valence-corrected chi connectivity index (χ2v) is 5.18. The molecule has 0 saturated heterocycles. The number of methoxy groups -OCH3 is 1. The van der Waals surface area contributed by atoms with Crippen LogP contribution in [-0.2, 0) is 11.3 Å². The van der Waals surface area contributed by atoms with Crippen LogP contribution < -0.4 is 10.6 Å². The van der Waals surface area contributed by atoms with Gasteiger partial charge in [-0.2, -0.15) is 0 Å². The fourth-order valence-corrected chi connectivity index (χ4v) is 2.11. The van der Waals surface area contributed by atoms with Crippen molar-refractivity contribution >= 4 is 22.0 Å². The van der Waals surface area contributed by atoms with Crippen LogP contribution in [0.25, 0.3) is 0 Å². The smallest absolute Gasteiger partial charge is 0.315 e. The molecule has 0 aromatic heterocycles. The third-order valence-electron chi connectivity index (χ3n) is 2.60. The quantitative estimate of drug-likeness (QED) is 0.703. The lowest BCUT2D eigenvalue weighted by molar-refractivity contribution is 0.159. The van der Waals surface area contributed by atoms with Gasteiger partial charge in [-0.25, -0.2) is 9.18 Å². The molecule has 0 fully saturated rings. The lowest BCUT2D eigenvalue weighted by atomic mass is 10.2. The lowest BCUT2D eigenvalue weighted by Crippen LogP contribution is -2.44. The molecular weight excluding hydrogens is 331 g/mol. The number of ether oxygens (including phenoxy) is 1. The van der Waals surface area contributed by atoms with Crippen LogP contribution >= 0.6 is 15.9 Å².